The maximum absolute atomic E-state index is 11.8. The van der Waals surface area contributed by atoms with Crippen molar-refractivity contribution in [1.29, 1.82) is 0 Å². The van der Waals surface area contributed by atoms with Gasteiger partial charge >= 0.3 is 5.97 Å². The van der Waals surface area contributed by atoms with Gasteiger partial charge in [-0.25, -0.2) is 4.79 Å². The topological polar surface area (TPSA) is 44.1 Å². The van der Waals surface area contributed by atoms with Crippen LogP contribution < -0.4 is 0 Å². The number of carbonyl (C=O) groups is 1. The first-order valence-corrected chi connectivity index (χ1v) is 6.26. The van der Waals surface area contributed by atoms with Crippen LogP contribution in [0.25, 0.3) is 10.9 Å². The number of fused-ring (bicyclic) bond motifs is 1. The first-order valence-electron chi connectivity index (χ1n) is 5.18. The molecular weight excluding hydrogens is 331 g/mol. The van der Waals surface area contributed by atoms with Crippen LogP contribution in [0.1, 0.15) is 13.8 Å². The third-order valence-electron chi connectivity index (χ3n) is 2.84. The summed E-state index contributed by atoms with van der Waals surface area (Å²) in [5, 5.41) is 1.05. The first-order chi connectivity index (χ1) is 7.98. The number of hydrogen-bond acceptors (Lipinski definition) is 3. The van der Waals surface area contributed by atoms with Crippen molar-refractivity contribution in [1.82, 2.24) is 9.55 Å². The highest BCUT2D eigenvalue weighted by molar-refractivity contribution is 14.1. The van der Waals surface area contributed by atoms with E-state index in [1.807, 2.05) is 30.7 Å². The lowest BCUT2D eigenvalue weighted by atomic mass is 10.1. The van der Waals surface area contributed by atoms with Crippen molar-refractivity contribution in [3.8, 4) is 0 Å². The molecule has 17 heavy (non-hydrogen) atoms. The zero-order chi connectivity index (χ0) is 12.6. The minimum Gasteiger partial charge on any atom is -0.467 e. The molecule has 0 fully saturated rings. The molecule has 0 N–H and O–H groups in total. The Hall–Kier alpha value is -1.11. The van der Waals surface area contributed by atoms with E-state index >= 15 is 0 Å². The Morgan fingerprint density at radius 1 is 1.53 bits per heavy atom. The van der Waals surface area contributed by atoms with E-state index in [0.29, 0.717) is 0 Å². The Morgan fingerprint density at radius 2 is 2.24 bits per heavy atom. The van der Waals surface area contributed by atoms with Gasteiger partial charge in [0.15, 0.2) is 0 Å². The summed E-state index contributed by atoms with van der Waals surface area (Å²) in [5.41, 5.74) is 0.261. The molecule has 2 aromatic rings. The second kappa shape index (κ2) is 4.29. The Bertz CT molecular complexity index is 575. The fourth-order valence-electron chi connectivity index (χ4n) is 1.84. The summed E-state index contributed by atoms with van der Waals surface area (Å²) in [6.07, 6.45) is 5.48. The van der Waals surface area contributed by atoms with E-state index in [1.54, 1.807) is 12.4 Å². The molecule has 0 saturated heterocycles. The van der Waals surface area contributed by atoms with Crippen LogP contribution >= 0.6 is 22.6 Å². The molecule has 5 heteroatoms. The van der Waals surface area contributed by atoms with Crippen LogP contribution in [0.3, 0.4) is 0 Å². The van der Waals surface area contributed by atoms with Crippen molar-refractivity contribution in [2.24, 2.45) is 0 Å². The minimum absolute atomic E-state index is 0.261. The molecule has 2 aromatic heterocycles. The van der Waals surface area contributed by atoms with Crippen molar-refractivity contribution in [3.63, 3.8) is 0 Å². The number of halogens is 1. The van der Waals surface area contributed by atoms with E-state index in [1.165, 1.54) is 7.11 Å². The SMILES string of the molecule is COC(=O)C(C)(C)n1cc(I)c2cnccc21. The summed E-state index contributed by atoms with van der Waals surface area (Å²) in [4.78, 5) is 15.9. The quantitative estimate of drug-likeness (QED) is 0.621. The smallest absolute Gasteiger partial charge is 0.331 e. The largest absolute Gasteiger partial charge is 0.467 e. The molecule has 0 aliphatic heterocycles. The zero-order valence-corrected chi connectivity index (χ0v) is 12.1. The van der Waals surface area contributed by atoms with Gasteiger partial charge in [-0.2, -0.15) is 0 Å². The normalized spacial score (nSPS) is 11.8. The molecule has 0 radical (unpaired) electrons. The van der Waals surface area contributed by atoms with Gasteiger partial charge in [-0.05, 0) is 42.5 Å². The zero-order valence-electron chi connectivity index (χ0n) is 9.90. The van der Waals surface area contributed by atoms with E-state index < -0.39 is 5.54 Å². The van der Waals surface area contributed by atoms with Gasteiger partial charge in [0, 0.05) is 27.5 Å². The summed E-state index contributed by atoms with van der Waals surface area (Å²) < 4.78 is 7.85. The van der Waals surface area contributed by atoms with Crippen LogP contribution in [0.4, 0.5) is 0 Å². The number of nitrogens with zero attached hydrogens (tertiary/aromatic N) is 2. The number of carbonyl (C=O) groups excluding carboxylic acids is 1. The maximum atomic E-state index is 11.8. The summed E-state index contributed by atoms with van der Waals surface area (Å²) in [5.74, 6) is -0.261. The van der Waals surface area contributed by atoms with Crippen molar-refractivity contribution < 1.29 is 9.53 Å². The van der Waals surface area contributed by atoms with Gasteiger partial charge in [0.25, 0.3) is 0 Å². The molecule has 0 aliphatic rings. The molecule has 0 saturated carbocycles. The fraction of sp³-hybridized carbons (Fsp3) is 0.333. The summed E-state index contributed by atoms with van der Waals surface area (Å²) in [6.45, 7) is 3.68. The van der Waals surface area contributed by atoms with E-state index in [-0.39, 0.29) is 5.97 Å². The van der Waals surface area contributed by atoms with Gasteiger partial charge in [0.1, 0.15) is 5.54 Å². The number of methoxy groups -OCH3 is 1. The van der Waals surface area contributed by atoms with Gasteiger partial charge in [-0.1, -0.05) is 0 Å². The van der Waals surface area contributed by atoms with Crippen molar-refractivity contribution in [2.45, 2.75) is 19.4 Å². The number of rotatable bonds is 2. The van der Waals surface area contributed by atoms with Crippen molar-refractivity contribution >= 4 is 39.5 Å². The summed E-state index contributed by atoms with van der Waals surface area (Å²) in [6, 6.07) is 1.90. The van der Waals surface area contributed by atoms with Crippen LogP contribution in [0.2, 0.25) is 0 Å². The highest BCUT2D eigenvalue weighted by atomic mass is 127. The molecular formula is C12H13IN2O2. The predicted octanol–water partition coefficient (Wildman–Crippen LogP) is 2.55. The lowest BCUT2D eigenvalue weighted by Crippen LogP contribution is -2.36. The van der Waals surface area contributed by atoms with Crippen LogP contribution in [-0.4, -0.2) is 22.6 Å². The Kier molecular flexibility index (Phi) is 3.11. The molecule has 90 valence electrons. The van der Waals surface area contributed by atoms with Gasteiger partial charge in [0.05, 0.1) is 12.6 Å². The van der Waals surface area contributed by atoms with Crippen LogP contribution in [0.5, 0.6) is 0 Å². The second-order valence-corrected chi connectivity index (χ2v) is 5.45. The lowest BCUT2D eigenvalue weighted by Gasteiger charge is -2.24. The summed E-state index contributed by atoms with van der Waals surface area (Å²) in [7, 11) is 1.41. The molecule has 0 aliphatic carbocycles. The van der Waals surface area contributed by atoms with Gasteiger partial charge < -0.3 is 9.30 Å². The average molecular weight is 344 g/mol. The molecule has 4 nitrogen and oxygen atoms in total. The molecule has 0 atom stereocenters. The van der Waals surface area contributed by atoms with Gasteiger partial charge in [0.2, 0.25) is 0 Å². The standard InChI is InChI=1S/C12H13IN2O2/c1-12(2,11(16)17-3)15-7-9(13)8-6-14-5-4-10(8)15/h4-7H,1-3H3. The molecule has 0 bridgehead atoms. The Balaban J connectivity index is 2.68. The van der Waals surface area contributed by atoms with Crippen LogP contribution in [0, 0.1) is 3.57 Å². The number of pyridine rings is 1. The number of esters is 1. The monoisotopic (exact) mass is 344 g/mol. The molecule has 0 aromatic carbocycles. The lowest BCUT2D eigenvalue weighted by molar-refractivity contribution is -0.149. The van der Waals surface area contributed by atoms with Gasteiger partial charge in [-0.3, -0.25) is 4.98 Å². The maximum Gasteiger partial charge on any atom is 0.331 e. The molecule has 0 spiro atoms. The van der Waals surface area contributed by atoms with Crippen molar-refractivity contribution in [3.05, 3.63) is 28.2 Å². The number of aromatic nitrogens is 2. The number of hydrogen-bond donors (Lipinski definition) is 0. The van der Waals surface area contributed by atoms with E-state index in [2.05, 4.69) is 27.6 Å². The Labute approximate surface area is 113 Å². The predicted molar refractivity (Wildman–Crippen MR) is 73.8 cm³/mol. The third kappa shape index (κ3) is 1.92. The highest BCUT2D eigenvalue weighted by Crippen LogP contribution is 2.28. The van der Waals surface area contributed by atoms with Gasteiger partial charge in [-0.15, -0.1) is 0 Å². The molecule has 2 rings (SSSR count). The van der Waals surface area contributed by atoms with E-state index in [9.17, 15) is 4.79 Å². The van der Waals surface area contributed by atoms with E-state index in [0.717, 1.165) is 14.5 Å². The average Bonchev–Trinajstić information content (AvgIpc) is 2.67. The minimum atomic E-state index is -0.724. The number of ether oxygens (including phenoxy) is 1. The molecule has 2 heterocycles. The van der Waals surface area contributed by atoms with Crippen LogP contribution in [-0.2, 0) is 15.1 Å². The third-order valence-corrected chi connectivity index (χ3v) is 3.70. The second-order valence-electron chi connectivity index (χ2n) is 4.29. The molecule has 0 amide bonds. The van der Waals surface area contributed by atoms with E-state index in [4.69, 9.17) is 4.74 Å². The molecule has 0 unspecified atom stereocenters. The summed E-state index contributed by atoms with van der Waals surface area (Å²) >= 11 is 2.24. The highest BCUT2D eigenvalue weighted by Gasteiger charge is 2.32. The Morgan fingerprint density at radius 3 is 2.88 bits per heavy atom. The van der Waals surface area contributed by atoms with Crippen LogP contribution in [0.15, 0.2) is 24.7 Å². The van der Waals surface area contributed by atoms with Crippen molar-refractivity contribution in [2.75, 3.05) is 7.11 Å². The first kappa shape index (κ1) is 12.3. The fourth-order valence-corrected chi connectivity index (χ4v) is 2.54.